The molecule has 2 aromatic rings. The third kappa shape index (κ3) is 2.51. The average Bonchev–Trinajstić information content (AvgIpc) is 2.80. The maximum Gasteiger partial charge on any atom is 0.147 e. The molecule has 5 heteroatoms. The van der Waals surface area contributed by atoms with Gasteiger partial charge in [0.1, 0.15) is 10.8 Å². The van der Waals surface area contributed by atoms with Crippen LogP contribution in [0.2, 0.25) is 0 Å². The number of aliphatic hydroxyl groups is 1. The van der Waals surface area contributed by atoms with Crippen LogP contribution in [0.25, 0.3) is 11.1 Å². The predicted octanol–water partition coefficient (Wildman–Crippen LogP) is 2.74. The number of hydrogen-bond acceptors (Lipinski definition) is 5. The smallest absolute Gasteiger partial charge is 0.147 e. The van der Waals surface area contributed by atoms with Gasteiger partial charge in [-0.2, -0.15) is 4.37 Å². The number of β-amino-alcohol motifs (C(OH)–C–C–N with tert-alkyl or cyclic N) is 1. The van der Waals surface area contributed by atoms with E-state index in [1.165, 1.54) is 11.5 Å². The van der Waals surface area contributed by atoms with Crippen molar-refractivity contribution in [2.24, 2.45) is 0 Å². The van der Waals surface area contributed by atoms with E-state index >= 15 is 0 Å². The van der Waals surface area contributed by atoms with Crippen LogP contribution in [-0.4, -0.2) is 28.2 Å². The second-order valence-electron chi connectivity index (χ2n) is 5.64. The van der Waals surface area contributed by atoms with Gasteiger partial charge in [0, 0.05) is 13.1 Å². The number of nitrogens with two attached hydrogens (primary N) is 1. The van der Waals surface area contributed by atoms with Crippen molar-refractivity contribution >= 4 is 22.4 Å². The second-order valence-corrected chi connectivity index (χ2v) is 6.39. The summed E-state index contributed by atoms with van der Waals surface area (Å²) >= 11 is 1.42. The lowest BCUT2D eigenvalue weighted by Gasteiger charge is -2.37. The monoisotopic (exact) mass is 289 g/mol. The minimum Gasteiger partial charge on any atom is -0.388 e. The molecule has 0 saturated carbocycles. The number of rotatable bonds is 2. The molecule has 1 fully saturated rings. The van der Waals surface area contributed by atoms with Crippen LogP contribution < -0.4 is 10.6 Å². The molecule has 3 rings (SSSR count). The van der Waals surface area contributed by atoms with Gasteiger partial charge in [0.2, 0.25) is 0 Å². The van der Waals surface area contributed by atoms with Crippen LogP contribution >= 0.6 is 11.5 Å². The Labute approximate surface area is 123 Å². The Bertz CT molecular complexity index is 594. The number of aromatic nitrogens is 1. The topological polar surface area (TPSA) is 62.4 Å². The van der Waals surface area contributed by atoms with Gasteiger partial charge in [-0.1, -0.05) is 30.3 Å². The highest BCUT2D eigenvalue weighted by atomic mass is 32.1. The Kier molecular flexibility index (Phi) is 3.40. The number of hydrogen-bond donors (Lipinski definition) is 2. The predicted molar refractivity (Wildman–Crippen MR) is 84.0 cm³/mol. The average molecular weight is 289 g/mol. The fourth-order valence-electron chi connectivity index (χ4n) is 2.78. The van der Waals surface area contributed by atoms with E-state index in [1.54, 1.807) is 0 Å². The number of nitrogens with zero attached hydrogens (tertiary/aromatic N) is 2. The lowest BCUT2D eigenvalue weighted by molar-refractivity contribution is 0.0451. The van der Waals surface area contributed by atoms with Crippen LogP contribution in [0, 0.1) is 0 Å². The highest BCUT2D eigenvalue weighted by Crippen LogP contribution is 2.41. The molecule has 1 aromatic carbocycles. The van der Waals surface area contributed by atoms with Gasteiger partial charge in [0.05, 0.1) is 11.2 Å². The van der Waals surface area contributed by atoms with Crippen molar-refractivity contribution in [3.8, 4) is 11.1 Å². The summed E-state index contributed by atoms with van der Waals surface area (Å²) in [7, 11) is 0. The van der Waals surface area contributed by atoms with Crippen molar-refractivity contribution in [2.45, 2.75) is 25.4 Å². The van der Waals surface area contributed by atoms with Crippen molar-refractivity contribution < 1.29 is 5.11 Å². The zero-order valence-electron chi connectivity index (χ0n) is 11.5. The Hall–Kier alpha value is -1.59. The first-order valence-electron chi connectivity index (χ1n) is 6.85. The summed E-state index contributed by atoms with van der Waals surface area (Å²) in [4.78, 5) is 2.21. The molecule has 0 aliphatic carbocycles. The normalized spacial score (nSPS) is 23.0. The molecule has 0 radical (unpaired) electrons. The number of benzene rings is 1. The van der Waals surface area contributed by atoms with Crippen LogP contribution in [0.1, 0.15) is 19.8 Å². The first-order valence-corrected chi connectivity index (χ1v) is 7.62. The molecule has 3 N–H and O–H groups in total. The third-order valence-corrected chi connectivity index (χ3v) is 4.65. The molecule has 1 aromatic heterocycles. The van der Waals surface area contributed by atoms with E-state index < -0.39 is 5.60 Å². The molecule has 2 heterocycles. The number of nitrogen functional groups attached to an aromatic ring is 1. The summed E-state index contributed by atoms with van der Waals surface area (Å²) < 4.78 is 4.31. The Morgan fingerprint density at radius 1 is 1.35 bits per heavy atom. The van der Waals surface area contributed by atoms with E-state index in [4.69, 9.17) is 5.73 Å². The second kappa shape index (κ2) is 5.07. The fraction of sp³-hybridized carbons (Fsp3) is 0.400. The Morgan fingerprint density at radius 2 is 2.10 bits per heavy atom. The molecule has 20 heavy (non-hydrogen) atoms. The lowest BCUT2D eigenvalue weighted by Crippen LogP contribution is -2.46. The molecule has 0 amide bonds. The van der Waals surface area contributed by atoms with Gasteiger partial charge in [0.15, 0.2) is 0 Å². The van der Waals surface area contributed by atoms with Crippen molar-refractivity contribution in [3.63, 3.8) is 0 Å². The van der Waals surface area contributed by atoms with Crippen LogP contribution in [0.3, 0.4) is 0 Å². The zero-order valence-corrected chi connectivity index (χ0v) is 12.4. The van der Waals surface area contributed by atoms with Crippen LogP contribution in [0.4, 0.5) is 10.8 Å². The van der Waals surface area contributed by atoms with Gasteiger partial charge in [0.25, 0.3) is 0 Å². The number of anilines is 2. The molecular formula is C15H19N3OS. The molecule has 1 aliphatic rings. The summed E-state index contributed by atoms with van der Waals surface area (Å²) in [5.41, 5.74) is 7.50. The highest BCUT2D eigenvalue weighted by Gasteiger charge is 2.31. The van der Waals surface area contributed by atoms with Crippen molar-refractivity contribution in [1.82, 2.24) is 4.37 Å². The molecule has 1 aliphatic heterocycles. The van der Waals surface area contributed by atoms with Crippen molar-refractivity contribution in [1.29, 1.82) is 0 Å². The molecule has 0 spiro atoms. The summed E-state index contributed by atoms with van der Waals surface area (Å²) in [6, 6.07) is 10.1. The zero-order chi connectivity index (χ0) is 14.2. The maximum atomic E-state index is 10.3. The lowest BCUT2D eigenvalue weighted by atomic mass is 9.95. The first-order chi connectivity index (χ1) is 9.57. The molecule has 1 saturated heterocycles. The SMILES string of the molecule is CC1(O)CCCN(c2snc(N)c2-c2ccccc2)C1. The van der Waals surface area contributed by atoms with E-state index in [0.717, 1.165) is 35.5 Å². The van der Waals surface area contributed by atoms with Gasteiger partial charge >= 0.3 is 0 Å². The van der Waals surface area contributed by atoms with Gasteiger partial charge in [-0.05, 0) is 36.9 Å². The standard InChI is InChI=1S/C15H19N3OS/c1-15(19)8-5-9-18(10-15)14-12(13(16)17-20-14)11-6-3-2-4-7-11/h2-4,6-7,19H,5,8-10H2,1H3,(H2,16,17). The third-order valence-electron chi connectivity index (χ3n) is 3.73. The van der Waals surface area contributed by atoms with Crippen LogP contribution in [0.15, 0.2) is 30.3 Å². The van der Waals surface area contributed by atoms with Gasteiger partial charge < -0.3 is 15.7 Å². The van der Waals surface area contributed by atoms with E-state index in [0.29, 0.717) is 12.4 Å². The molecule has 0 bridgehead atoms. The van der Waals surface area contributed by atoms with Crippen LogP contribution in [-0.2, 0) is 0 Å². The largest absolute Gasteiger partial charge is 0.388 e. The van der Waals surface area contributed by atoms with Gasteiger partial charge in [-0.25, -0.2) is 0 Å². The maximum absolute atomic E-state index is 10.3. The van der Waals surface area contributed by atoms with Crippen molar-refractivity contribution in [3.05, 3.63) is 30.3 Å². The summed E-state index contributed by atoms with van der Waals surface area (Å²) in [6.07, 6.45) is 1.83. The van der Waals surface area contributed by atoms with E-state index in [-0.39, 0.29) is 0 Å². The van der Waals surface area contributed by atoms with E-state index in [9.17, 15) is 5.11 Å². The molecule has 4 nitrogen and oxygen atoms in total. The first kappa shape index (κ1) is 13.4. The minimum absolute atomic E-state index is 0.571. The molecular weight excluding hydrogens is 270 g/mol. The van der Waals surface area contributed by atoms with Crippen molar-refractivity contribution in [2.75, 3.05) is 23.7 Å². The molecule has 106 valence electrons. The van der Waals surface area contributed by atoms with E-state index in [2.05, 4.69) is 9.27 Å². The summed E-state index contributed by atoms with van der Waals surface area (Å²) in [6.45, 7) is 3.47. The quantitative estimate of drug-likeness (QED) is 0.892. The summed E-state index contributed by atoms with van der Waals surface area (Å²) in [5.74, 6) is 0.571. The molecule has 1 unspecified atom stereocenters. The Balaban J connectivity index is 1.99. The minimum atomic E-state index is -0.634. The highest BCUT2D eigenvalue weighted by molar-refractivity contribution is 7.11. The fourth-order valence-corrected chi connectivity index (χ4v) is 3.64. The molecule has 1 atom stereocenters. The summed E-state index contributed by atoms with van der Waals surface area (Å²) in [5, 5.41) is 11.3. The Morgan fingerprint density at radius 3 is 2.80 bits per heavy atom. The van der Waals surface area contributed by atoms with E-state index in [1.807, 2.05) is 37.3 Å². The van der Waals surface area contributed by atoms with Crippen LogP contribution in [0.5, 0.6) is 0 Å². The van der Waals surface area contributed by atoms with Gasteiger partial charge in [-0.3, -0.25) is 0 Å². The van der Waals surface area contributed by atoms with Gasteiger partial charge in [-0.15, -0.1) is 0 Å². The number of piperidine rings is 1.